The van der Waals surface area contributed by atoms with Crippen molar-refractivity contribution in [2.24, 2.45) is 0 Å². The van der Waals surface area contributed by atoms with E-state index in [0.717, 1.165) is 5.69 Å². The highest BCUT2D eigenvalue weighted by Gasteiger charge is 2.07. The lowest BCUT2D eigenvalue weighted by molar-refractivity contribution is 0.417. The van der Waals surface area contributed by atoms with E-state index in [1.807, 2.05) is 0 Å². The largest absolute Gasteiger partial charge is 0.495 e. The van der Waals surface area contributed by atoms with Crippen LogP contribution in [0.1, 0.15) is 5.56 Å². The van der Waals surface area contributed by atoms with Crippen LogP contribution in [0.5, 0.6) is 5.75 Å². The molecule has 1 heterocycles. The molecule has 7 nitrogen and oxygen atoms in total. The maximum absolute atomic E-state index is 8.83. The fourth-order valence-electron chi connectivity index (χ4n) is 2.09. The highest BCUT2D eigenvalue weighted by atomic mass is 35.5. The van der Waals surface area contributed by atoms with E-state index in [9.17, 15) is 0 Å². The zero-order chi connectivity index (χ0) is 17.6. The maximum Gasteiger partial charge on any atom is 0.249 e. The van der Waals surface area contributed by atoms with Gasteiger partial charge in [0.05, 0.1) is 30.6 Å². The van der Waals surface area contributed by atoms with E-state index in [2.05, 4.69) is 31.9 Å². The first-order valence-electron chi connectivity index (χ1n) is 7.25. The molecule has 25 heavy (non-hydrogen) atoms. The van der Waals surface area contributed by atoms with Crippen molar-refractivity contribution in [2.45, 2.75) is 0 Å². The summed E-state index contributed by atoms with van der Waals surface area (Å²) >= 11 is 6.02. The number of methoxy groups -OCH3 is 1. The fraction of sp³-hybridized carbons (Fsp3) is 0.0588. The van der Waals surface area contributed by atoms with E-state index >= 15 is 0 Å². The second-order valence-corrected chi connectivity index (χ2v) is 5.39. The van der Waals surface area contributed by atoms with E-state index in [-0.39, 0.29) is 0 Å². The summed E-state index contributed by atoms with van der Waals surface area (Å²) in [5.41, 5.74) is 2.00. The molecule has 124 valence electrons. The first kappa shape index (κ1) is 16.5. The van der Waals surface area contributed by atoms with Gasteiger partial charge in [-0.25, -0.2) is 0 Å². The maximum atomic E-state index is 8.83. The smallest absolute Gasteiger partial charge is 0.249 e. The molecule has 0 saturated carbocycles. The van der Waals surface area contributed by atoms with E-state index in [0.29, 0.717) is 33.8 Å². The lowest BCUT2D eigenvalue weighted by Crippen LogP contribution is -2.03. The van der Waals surface area contributed by atoms with Crippen LogP contribution in [0.4, 0.5) is 23.1 Å². The molecule has 0 radical (unpaired) electrons. The zero-order valence-corrected chi connectivity index (χ0v) is 13.9. The third-order valence-electron chi connectivity index (χ3n) is 3.25. The first-order valence-corrected chi connectivity index (χ1v) is 7.63. The Hall–Kier alpha value is -3.37. The van der Waals surface area contributed by atoms with Gasteiger partial charge in [0.1, 0.15) is 5.75 Å². The van der Waals surface area contributed by atoms with Gasteiger partial charge in [-0.05, 0) is 42.5 Å². The Morgan fingerprint density at radius 1 is 1.12 bits per heavy atom. The van der Waals surface area contributed by atoms with Gasteiger partial charge >= 0.3 is 0 Å². The number of hydrogen-bond acceptors (Lipinski definition) is 7. The minimum atomic E-state index is 0.291. The summed E-state index contributed by atoms with van der Waals surface area (Å²) in [6.45, 7) is 0. The summed E-state index contributed by atoms with van der Waals surface area (Å²) in [6, 6.07) is 14.3. The molecule has 8 heteroatoms. The number of halogens is 1. The van der Waals surface area contributed by atoms with Gasteiger partial charge in [-0.2, -0.15) is 15.3 Å². The third kappa shape index (κ3) is 4.13. The van der Waals surface area contributed by atoms with Crippen molar-refractivity contribution in [1.29, 1.82) is 5.26 Å². The minimum absolute atomic E-state index is 0.291. The van der Waals surface area contributed by atoms with Gasteiger partial charge < -0.3 is 15.4 Å². The lowest BCUT2D eigenvalue weighted by Gasteiger charge is -2.11. The quantitative estimate of drug-likeness (QED) is 0.719. The molecule has 0 unspecified atom stereocenters. The molecule has 0 atom stereocenters. The first-order chi connectivity index (χ1) is 12.2. The molecule has 2 N–H and O–H groups in total. The summed E-state index contributed by atoms with van der Waals surface area (Å²) in [6.07, 6.45) is 1.50. The SMILES string of the molecule is COc1ccc(Cl)cc1Nc1nncc(Nc2ccc(C#N)cc2)n1. The van der Waals surface area contributed by atoms with Crippen LogP contribution in [-0.2, 0) is 0 Å². The van der Waals surface area contributed by atoms with E-state index in [1.54, 1.807) is 49.6 Å². The normalized spacial score (nSPS) is 9.96. The number of hydrogen-bond donors (Lipinski definition) is 2. The predicted octanol–water partition coefficient (Wildman–Crippen LogP) is 3.89. The number of ether oxygens (including phenoxy) is 1. The molecule has 2 aromatic carbocycles. The number of aromatic nitrogens is 3. The van der Waals surface area contributed by atoms with Gasteiger partial charge in [0, 0.05) is 10.7 Å². The van der Waals surface area contributed by atoms with Crippen LogP contribution in [0.25, 0.3) is 0 Å². The molecule has 0 aliphatic heterocycles. The summed E-state index contributed by atoms with van der Waals surface area (Å²) < 4.78 is 5.28. The Morgan fingerprint density at radius 2 is 1.92 bits per heavy atom. The van der Waals surface area contributed by atoms with E-state index in [1.165, 1.54) is 6.20 Å². The van der Waals surface area contributed by atoms with Gasteiger partial charge in [0.2, 0.25) is 5.95 Å². The molecule has 1 aromatic heterocycles. The van der Waals surface area contributed by atoms with Crippen molar-refractivity contribution in [2.75, 3.05) is 17.7 Å². The molecule has 0 aliphatic rings. The Bertz CT molecular complexity index is 923. The van der Waals surface area contributed by atoms with Crippen molar-refractivity contribution in [3.8, 4) is 11.8 Å². The Labute approximate surface area is 149 Å². The van der Waals surface area contributed by atoms with Gasteiger partial charge in [-0.1, -0.05) is 11.6 Å². The standard InChI is InChI=1S/C17H13ClN6O/c1-25-15-7-4-12(18)8-14(15)22-17-23-16(10-20-24-17)21-13-5-2-11(9-19)3-6-13/h2-8,10H,1H3,(H2,21,22,23,24). The van der Waals surface area contributed by atoms with Crippen LogP contribution >= 0.6 is 11.6 Å². The van der Waals surface area contributed by atoms with Crippen molar-refractivity contribution in [1.82, 2.24) is 15.2 Å². The van der Waals surface area contributed by atoms with Crippen LogP contribution < -0.4 is 15.4 Å². The number of nitrogens with zero attached hydrogens (tertiary/aromatic N) is 4. The third-order valence-corrected chi connectivity index (χ3v) is 3.49. The number of benzene rings is 2. The van der Waals surface area contributed by atoms with Crippen molar-refractivity contribution in [3.63, 3.8) is 0 Å². The molecule has 0 amide bonds. The molecule has 0 spiro atoms. The molecule has 0 aliphatic carbocycles. The summed E-state index contributed by atoms with van der Waals surface area (Å²) in [5.74, 6) is 1.40. The monoisotopic (exact) mass is 352 g/mol. The number of rotatable bonds is 5. The molecule has 0 saturated heterocycles. The van der Waals surface area contributed by atoms with Crippen molar-refractivity contribution >= 4 is 34.7 Å². The summed E-state index contributed by atoms with van der Waals surface area (Å²) in [4.78, 5) is 4.35. The van der Waals surface area contributed by atoms with Crippen LogP contribution in [0.15, 0.2) is 48.7 Å². The van der Waals surface area contributed by atoms with Crippen molar-refractivity contribution < 1.29 is 4.74 Å². The van der Waals surface area contributed by atoms with Gasteiger partial charge in [0.15, 0.2) is 5.82 Å². The highest BCUT2D eigenvalue weighted by molar-refractivity contribution is 6.31. The topological polar surface area (TPSA) is 95.8 Å². The van der Waals surface area contributed by atoms with Gasteiger partial charge in [-0.15, -0.1) is 5.10 Å². The van der Waals surface area contributed by atoms with Crippen LogP contribution in [0, 0.1) is 11.3 Å². The summed E-state index contributed by atoms with van der Waals surface area (Å²) in [5, 5.41) is 23.4. The Kier molecular flexibility index (Phi) is 4.92. The lowest BCUT2D eigenvalue weighted by atomic mass is 10.2. The molecule has 3 aromatic rings. The Balaban J connectivity index is 1.79. The van der Waals surface area contributed by atoms with Gasteiger partial charge in [0.25, 0.3) is 0 Å². The van der Waals surface area contributed by atoms with Crippen LogP contribution in [-0.4, -0.2) is 22.3 Å². The molecule has 0 fully saturated rings. The number of nitrogens with one attached hydrogen (secondary N) is 2. The van der Waals surface area contributed by atoms with Crippen LogP contribution in [0.2, 0.25) is 5.02 Å². The average Bonchev–Trinajstić information content (AvgIpc) is 2.63. The van der Waals surface area contributed by atoms with Crippen LogP contribution in [0.3, 0.4) is 0 Å². The second kappa shape index (κ2) is 7.47. The Morgan fingerprint density at radius 3 is 2.64 bits per heavy atom. The molecular formula is C17H13ClN6O. The molecular weight excluding hydrogens is 340 g/mol. The highest BCUT2D eigenvalue weighted by Crippen LogP contribution is 2.29. The predicted molar refractivity (Wildman–Crippen MR) is 95.6 cm³/mol. The second-order valence-electron chi connectivity index (χ2n) is 4.95. The van der Waals surface area contributed by atoms with E-state index < -0.39 is 0 Å². The summed E-state index contributed by atoms with van der Waals surface area (Å²) in [7, 11) is 1.57. The molecule has 0 bridgehead atoms. The fourth-order valence-corrected chi connectivity index (χ4v) is 2.26. The van der Waals surface area contributed by atoms with Crippen molar-refractivity contribution in [3.05, 3.63) is 59.2 Å². The number of anilines is 4. The zero-order valence-electron chi connectivity index (χ0n) is 13.2. The molecule has 3 rings (SSSR count). The average molecular weight is 353 g/mol. The minimum Gasteiger partial charge on any atom is -0.495 e. The van der Waals surface area contributed by atoms with E-state index in [4.69, 9.17) is 21.6 Å². The number of nitriles is 1. The van der Waals surface area contributed by atoms with Gasteiger partial charge in [-0.3, -0.25) is 0 Å².